The topological polar surface area (TPSA) is 58.6 Å². The zero-order valence-corrected chi connectivity index (χ0v) is 13.7. The molecule has 1 N–H and O–H groups in total. The molecule has 2 aromatic carbocycles. The first-order chi connectivity index (χ1) is 11.6. The van der Waals surface area contributed by atoms with E-state index in [1.807, 2.05) is 18.2 Å². The average Bonchev–Trinajstić information content (AvgIpc) is 2.95. The lowest BCUT2D eigenvalue weighted by atomic mass is 10.2. The highest BCUT2D eigenvalue weighted by molar-refractivity contribution is 6.30. The first kappa shape index (κ1) is 16.3. The summed E-state index contributed by atoms with van der Waals surface area (Å²) >= 11 is 5.86. The van der Waals surface area contributed by atoms with Gasteiger partial charge in [0.2, 0.25) is 5.91 Å². The summed E-state index contributed by atoms with van der Waals surface area (Å²) in [5.74, 6) is 0.374. The van der Waals surface area contributed by atoms with E-state index in [1.54, 1.807) is 41.3 Å². The van der Waals surface area contributed by atoms with Crippen molar-refractivity contribution in [2.75, 3.05) is 18.1 Å². The van der Waals surface area contributed by atoms with Crippen molar-refractivity contribution in [1.29, 1.82) is 0 Å². The minimum atomic E-state index is -0.241. The van der Waals surface area contributed by atoms with Crippen LogP contribution in [0.5, 0.6) is 5.75 Å². The van der Waals surface area contributed by atoms with Crippen LogP contribution in [0.2, 0.25) is 5.02 Å². The summed E-state index contributed by atoms with van der Waals surface area (Å²) in [7, 11) is 0. The van der Waals surface area contributed by atoms with Gasteiger partial charge >= 0.3 is 0 Å². The van der Waals surface area contributed by atoms with Gasteiger partial charge in [0.15, 0.2) is 6.61 Å². The van der Waals surface area contributed by atoms with Gasteiger partial charge in [0.05, 0.1) is 6.04 Å². The van der Waals surface area contributed by atoms with Gasteiger partial charge in [-0.1, -0.05) is 29.8 Å². The number of amides is 2. The van der Waals surface area contributed by atoms with Crippen molar-refractivity contribution < 1.29 is 14.3 Å². The molecule has 0 radical (unpaired) electrons. The van der Waals surface area contributed by atoms with E-state index in [9.17, 15) is 9.59 Å². The van der Waals surface area contributed by atoms with Crippen molar-refractivity contribution in [3.05, 3.63) is 59.6 Å². The summed E-state index contributed by atoms with van der Waals surface area (Å²) in [4.78, 5) is 25.8. The van der Waals surface area contributed by atoms with Gasteiger partial charge in [0, 0.05) is 23.7 Å². The van der Waals surface area contributed by atoms with Gasteiger partial charge in [-0.25, -0.2) is 0 Å². The summed E-state index contributed by atoms with van der Waals surface area (Å²) in [6.07, 6.45) is 0.277. The first-order valence-corrected chi connectivity index (χ1v) is 8.03. The third-order valence-electron chi connectivity index (χ3n) is 3.74. The molecule has 2 aromatic rings. The predicted molar refractivity (Wildman–Crippen MR) is 92.3 cm³/mol. The fourth-order valence-corrected chi connectivity index (χ4v) is 2.74. The Morgan fingerprint density at radius 2 is 1.88 bits per heavy atom. The maximum atomic E-state index is 12.1. The van der Waals surface area contributed by atoms with Crippen molar-refractivity contribution in [1.82, 2.24) is 5.32 Å². The van der Waals surface area contributed by atoms with Crippen LogP contribution in [0.4, 0.5) is 5.69 Å². The number of hydrogen-bond acceptors (Lipinski definition) is 3. The van der Waals surface area contributed by atoms with Crippen LogP contribution in [0.15, 0.2) is 54.6 Å². The molecule has 3 rings (SSSR count). The van der Waals surface area contributed by atoms with Crippen LogP contribution in [0.3, 0.4) is 0 Å². The molecule has 0 unspecified atom stereocenters. The van der Waals surface area contributed by atoms with Gasteiger partial charge in [-0.05, 0) is 36.4 Å². The van der Waals surface area contributed by atoms with Crippen molar-refractivity contribution in [2.45, 2.75) is 12.5 Å². The standard InChI is InChI=1S/C18H17ClN2O3/c19-13-6-8-15(9-7-13)21-11-14(10-18(21)23)20-17(22)12-24-16-4-2-1-3-5-16/h1-9,14H,10-12H2,(H,20,22)/t14-/m0/s1. The van der Waals surface area contributed by atoms with Crippen LogP contribution in [-0.4, -0.2) is 31.0 Å². The number of carbonyl (C=O) groups is 2. The number of para-hydroxylation sites is 1. The Morgan fingerprint density at radius 3 is 2.58 bits per heavy atom. The molecule has 6 heteroatoms. The molecule has 5 nitrogen and oxygen atoms in total. The molecule has 1 atom stereocenters. The molecule has 0 saturated carbocycles. The molecule has 1 aliphatic rings. The fraction of sp³-hybridized carbons (Fsp3) is 0.222. The molecule has 2 amide bonds. The molecule has 1 aliphatic heterocycles. The number of carbonyl (C=O) groups excluding carboxylic acids is 2. The second-order valence-electron chi connectivity index (χ2n) is 5.55. The number of ether oxygens (including phenoxy) is 1. The molecule has 124 valence electrons. The van der Waals surface area contributed by atoms with E-state index in [2.05, 4.69) is 5.32 Å². The number of nitrogens with one attached hydrogen (secondary N) is 1. The van der Waals surface area contributed by atoms with Gasteiger partial charge in [0.25, 0.3) is 5.91 Å². The van der Waals surface area contributed by atoms with Crippen molar-refractivity contribution in [3.8, 4) is 5.75 Å². The molecule has 0 aromatic heterocycles. The number of nitrogens with zero attached hydrogens (tertiary/aromatic N) is 1. The fourth-order valence-electron chi connectivity index (χ4n) is 2.61. The van der Waals surface area contributed by atoms with Gasteiger partial charge in [0.1, 0.15) is 5.75 Å². The van der Waals surface area contributed by atoms with Crippen LogP contribution in [0.1, 0.15) is 6.42 Å². The van der Waals surface area contributed by atoms with Crippen LogP contribution < -0.4 is 15.0 Å². The van der Waals surface area contributed by atoms with Crippen LogP contribution in [0.25, 0.3) is 0 Å². The Labute approximate surface area is 145 Å². The van der Waals surface area contributed by atoms with Crippen LogP contribution in [0, 0.1) is 0 Å². The lowest BCUT2D eigenvalue weighted by Gasteiger charge is -2.17. The minimum absolute atomic E-state index is 0.0217. The molecular weight excluding hydrogens is 328 g/mol. The highest BCUT2D eigenvalue weighted by Crippen LogP contribution is 2.23. The third kappa shape index (κ3) is 4.06. The first-order valence-electron chi connectivity index (χ1n) is 7.65. The van der Waals surface area contributed by atoms with Crippen LogP contribution in [-0.2, 0) is 9.59 Å². The Hall–Kier alpha value is -2.53. The quantitative estimate of drug-likeness (QED) is 0.907. The van der Waals surface area contributed by atoms with Crippen LogP contribution >= 0.6 is 11.6 Å². The van der Waals surface area contributed by atoms with E-state index in [0.29, 0.717) is 17.3 Å². The zero-order chi connectivity index (χ0) is 16.9. The Balaban J connectivity index is 1.52. The molecule has 1 fully saturated rings. The van der Waals surface area contributed by atoms with E-state index in [4.69, 9.17) is 16.3 Å². The van der Waals surface area contributed by atoms with E-state index in [0.717, 1.165) is 5.69 Å². The lowest BCUT2D eigenvalue weighted by molar-refractivity contribution is -0.123. The number of anilines is 1. The zero-order valence-electron chi connectivity index (χ0n) is 12.9. The predicted octanol–water partition coefficient (Wildman–Crippen LogP) is 2.64. The Bertz CT molecular complexity index is 719. The normalized spacial score (nSPS) is 17.0. The van der Waals surface area contributed by atoms with Gasteiger partial charge in [-0.2, -0.15) is 0 Å². The lowest BCUT2D eigenvalue weighted by Crippen LogP contribution is -2.39. The van der Waals surface area contributed by atoms with E-state index >= 15 is 0 Å². The van der Waals surface area contributed by atoms with E-state index < -0.39 is 0 Å². The largest absolute Gasteiger partial charge is 0.484 e. The van der Waals surface area contributed by atoms with E-state index in [1.165, 1.54) is 0 Å². The van der Waals surface area contributed by atoms with Crippen molar-refractivity contribution >= 4 is 29.1 Å². The minimum Gasteiger partial charge on any atom is -0.484 e. The summed E-state index contributed by atoms with van der Waals surface area (Å²) < 4.78 is 5.40. The van der Waals surface area contributed by atoms with E-state index in [-0.39, 0.29) is 30.9 Å². The highest BCUT2D eigenvalue weighted by atomic mass is 35.5. The number of halogens is 1. The number of rotatable bonds is 5. The van der Waals surface area contributed by atoms with Crippen molar-refractivity contribution in [2.24, 2.45) is 0 Å². The molecule has 1 saturated heterocycles. The summed E-state index contributed by atoms with van der Waals surface area (Å²) in [5, 5.41) is 3.46. The average molecular weight is 345 g/mol. The maximum absolute atomic E-state index is 12.1. The molecule has 0 spiro atoms. The Morgan fingerprint density at radius 1 is 1.17 bits per heavy atom. The molecule has 24 heavy (non-hydrogen) atoms. The second kappa shape index (κ2) is 7.36. The van der Waals surface area contributed by atoms with Gasteiger partial charge < -0.3 is 15.0 Å². The second-order valence-corrected chi connectivity index (χ2v) is 5.99. The highest BCUT2D eigenvalue weighted by Gasteiger charge is 2.31. The monoisotopic (exact) mass is 344 g/mol. The third-order valence-corrected chi connectivity index (χ3v) is 3.99. The summed E-state index contributed by atoms with van der Waals surface area (Å²) in [6, 6.07) is 16.0. The molecular formula is C18H17ClN2O3. The Kier molecular flexibility index (Phi) is 5.01. The molecule has 0 aliphatic carbocycles. The van der Waals surface area contributed by atoms with Crippen molar-refractivity contribution in [3.63, 3.8) is 0 Å². The smallest absolute Gasteiger partial charge is 0.258 e. The SMILES string of the molecule is O=C(COc1ccccc1)N[C@H]1CC(=O)N(c2ccc(Cl)cc2)C1. The summed E-state index contributed by atoms with van der Waals surface area (Å²) in [5.41, 5.74) is 0.779. The summed E-state index contributed by atoms with van der Waals surface area (Å²) in [6.45, 7) is 0.368. The van der Waals surface area contributed by atoms with Gasteiger partial charge in [-0.15, -0.1) is 0 Å². The maximum Gasteiger partial charge on any atom is 0.258 e. The molecule has 1 heterocycles. The molecule has 0 bridgehead atoms. The number of benzene rings is 2. The number of hydrogen-bond donors (Lipinski definition) is 1. The van der Waals surface area contributed by atoms with Gasteiger partial charge in [-0.3, -0.25) is 9.59 Å².